The first-order valence-electron chi connectivity index (χ1n) is 6.22. The van der Waals surface area contributed by atoms with Crippen LogP contribution < -0.4 is 5.32 Å². The van der Waals surface area contributed by atoms with Gasteiger partial charge in [-0.3, -0.25) is 0 Å². The van der Waals surface area contributed by atoms with E-state index in [1.165, 1.54) is 51.4 Å². The van der Waals surface area contributed by atoms with Gasteiger partial charge >= 0.3 is 0 Å². The average Bonchev–Trinajstić information content (AvgIpc) is 2.67. The number of nitrogens with one attached hydrogen (secondary N) is 1. The van der Waals surface area contributed by atoms with Crippen LogP contribution in [0.15, 0.2) is 0 Å². The first-order chi connectivity index (χ1) is 6.90. The van der Waals surface area contributed by atoms with Crippen molar-refractivity contribution in [1.82, 2.24) is 5.32 Å². The van der Waals surface area contributed by atoms with Crippen molar-refractivity contribution in [2.24, 2.45) is 5.92 Å². The van der Waals surface area contributed by atoms with E-state index in [0.717, 1.165) is 23.9 Å². The van der Waals surface area contributed by atoms with E-state index in [2.05, 4.69) is 5.32 Å². The standard InChI is InChI=1S/C12H22ClN/c13-9-10-5-4-8-12(10)14-11-6-2-1-3-7-11/h10-12,14H,1-9H2. The van der Waals surface area contributed by atoms with Gasteiger partial charge in [-0.1, -0.05) is 25.7 Å². The van der Waals surface area contributed by atoms with E-state index in [9.17, 15) is 0 Å². The highest BCUT2D eigenvalue weighted by Gasteiger charge is 2.28. The highest BCUT2D eigenvalue weighted by Crippen LogP contribution is 2.28. The number of hydrogen-bond acceptors (Lipinski definition) is 1. The van der Waals surface area contributed by atoms with Crippen LogP contribution in [0.2, 0.25) is 0 Å². The van der Waals surface area contributed by atoms with Crippen molar-refractivity contribution in [1.29, 1.82) is 0 Å². The molecule has 2 fully saturated rings. The number of hydrogen-bond donors (Lipinski definition) is 1. The second kappa shape index (κ2) is 5.37. The van der Waals surface area contributed by atoms with Crippen LogP contribution in [-0.4, -0.2) is 18.0 Å². The van der Waals surface area contributed by atoms with Crippen LogP contribution in [0.3, 0.4) is 0 Å². The van der Waals surface area contributed by atoms with Gasteiger partial charge in [0.2, 0.25) is 0 Å². The molecule has 14 heavy (non-hydrogen) atoms. The van der Waals surface area contributed by atoms with Gasteiger partial charge in [0.05, 0.1) is 0 Å². The van der Waals surface area contributed by atoms with Crippen LogP contribution >= 0.6 is 11.6 Å². The quantitative estimate of drug-likeness (QED) is 0.713. The number of alkyl halides is 1. The molecule has 2 unspecified atom stereocenters. The van der Waals surface area contributed by atoms with E-state index in [4.69, 9.17) is 11.6 Å². The molecular formula is C12H22ClN. The van der Waals surface area contributed by atoms with Crippen molar-refractivity contribution in [2.45, 2.75) is 63.5 Å². The second-order valence-electron chi connectivity index (χ2n) is 4.95. The lowest BCUT2D eigenvalue weighted by atomic mass is 9.94. The largest absolute Gasteiger partial charge is 0.311 e. The monoisotopic (exact) mass is 215 g/mol. The number of rotatable bonds is 3. The SMILES string of the molecule is ClCC1CCCC1NC1CCCCC1. The summed E-state index contributed by atoms with van der Waals surface area (Å²) in [6.07, 6.45) is 11.2. The molecule has 0 spiro atoms. The maximum atomic E-state index is 5.98. The Hall–Kier alpha value is 0.250. The van der Waals surface area contributed by atoms with Crippen LogP contribution in [0.4, 0.5) is 0 Å². The second-order valence-corrected chi connectivity index (χ2v) is 5.26. The molecule has 0 saturated heterocycles. The van der Waals surface area contributed by atoms with Gasteiger partial charge in [-0.25, -0.2) is 0 Å². The molecule has 2 atom stereocenters. The molecule has 0 amide bonds. The Kier molecular flexibility index (Phi) is 4.12. The lowest BCUT2D eigenvalue weighted by Gasteiger charge is -2.29. The zero-order chi connectivity index (χ0) is 9.80. The molecule has 0 aromatic rings. The smallest absolute Gasteiger partial charge is 0.0266 e. The molecular weight excluding hydrogens is 194 g/mol. The molecule has 0 aromatic carbocycles. The third-order valence-corrected chi connectivity index (χ3v) is 4.31. The van der Waals surface area contributed by atoms with Gasteiger partial charge < -0.3 is 5.32 Å². The predicted octanol–water partition coefficient (Wildman–Crippen LogP) is 3.32. The Balaban J connectivity index is 1.77. The predicted molar refractivity (Wildman–Crippen MR) is 61.9 cm³/mol. The van der Waals surface area contributed by atoms with Gasteiger partial charge in [0.1, 0.15) is 0 Å². The van der Waals surface area contributed by atoms with E-state index in [0.29, 0.717) is 0 Å². The highest BCUT2D eigenvalue weighted by atomic mass is 35.5. The van der Waals surface area contributed by atoms with Crippen LogP contribution in [-0.2, 0) is 0 Å². The van der Waals surface area contributed by atoms with Gasteiger partial charge in [-0.2, -0.15) is 0 Å². The summed E-state index contributed by atoms with van der Waals surface area (Å²) in [6.45, 7) is 0. The minimum Gasteiger partial charge on any atom is -0.311 e. The van der Waals surface area contributed by atoms with Crippen molar-refractivity contribution in [3.05, 3.63) is 0 Å². The van der Waals surface area contributed by atoms with Gasteiger partial charge in [0, 0.05) is 18.0 Å². The fraction of sp³-hybridized carbons (Fsp3) is 1.00. The third-order valence-electron chi connectivity index (χ3n) is 3.91. The van der Waals surface area contributed by atoms with Gasteiger partial charge in [0.15, 0.2) is 0 Å². The van der Waals surface area contributed by atoms with E-state index >= 15 is 0 Å². The van der Waals surface area contributed by atoms with E-state index < -0.39 is 0 Å². The summed E-state index contributed by atoms with van der Waals surface area (Å²) >= 11 is 5.98. The maximum Gasteiger partial charge on any atom is 0.0266 e. The molecule has 2 heteroatoms. The van der Waals surface area contributed by atoms with E-state index in [1.54, 1.807) is 0 Å². The molecule has 0 bridgehead atoms. The molecule has 82 valence electrons. The molecule has 0 aliphatic heterocycles. The molecule has 0 heterocycles. The molecule has 2 rings (SSSR count). The maximum absolute atomic E-state index is 5.98. The van der Waals surface area contributed by atoms with Crippen molar-refractivity contribution < 1.29 is 0 Å². The van der Waals surface area contributed by atoms with Crippen LogP contribution in [0.25, 0.3) is 0 Å². The summed E-state index contributed by atoms with van der Waals surface area (Å²) in [5.74, 6) is 1.60. The fourth-order valence-electron chi connectivity index (χ4n) is 3.01. The van der Waals surface area contributed by atoms with Gasteiger partial charge in [-0.05, 0) is 31.6 Å². The topological polar surface area (TPSA) is 12.0 Å². The first-order valence-corrected chi connectivity index (χ1v) is 6.75. The normalized spacial score (nSPS) is 34.9. The summed E-state index contributed by atoms with van der Waals surface area (Å²) < 4.78 is 0. The Morgan fingerprint density at radius 1 is 0.929 bits per heavy atom. The third kappa shape index (κ3) is 2.64. The summed E-state index contributed by atoms with van der Waals surface area (Å²) in [4.78, 5) is 0. The van der Waals surface area contributed by atoms with Crippen LogP contribution in [0.5, 0.6) is 0 Å². The number of halogens is 1. The Morgan fingerprint density at radius 3 is 2.43 bits per heavy atom. The zero-order valence-electron chi connectivity index (χ0n) is 8.97. The molecule has 2 saturated carbocycles. The highest BCUT2D eigenvalue weighted by molar-refractivity contribution is 6.18. The zero-order valence-corrected chi connectivity index (χ0v) is 9.73. The fourth-order valence-corrected chi connectivity index (χ4v) is 3.38. The van der Waals surface area contributed by atoms with Crippen molar-refractivity contribution in [2.75, 3.05) is 5.88 Å². The molecule has 1 N–H and O–H groups in total. The summed E-state index contributed by atoms with van der Waals surface area (Å²) in [5.41, 5.74) is 0. The molecule has 2 aliphatic carbocycles. The van der Waals surface area contributed by atoms with Gasteiger partial charge in [0.25, 0.3) is 0 Å². The van der Waals surface area contributed by atoms with Crippen LogP contribution in [0, 0.1) is 5.92 Å². The molecule has 0 radical (unpaired) electrons. The average molecular weight is 216 g/mol. The Bertz CT molecular complexity index is 166. The van der Waals surface area contributed by atoms with Crippen molar-refractivity contribution in [3.8, 4) is 0 Å². The van der Waals surface area contributed by atoms with Crippen molar-refractivity contribution in [3.63, 3.8) is 0 Å². The summed E-state index contributed by atoms with van der Waals surface area (Å²) in [5, 5.41) is 3.83. The lowest BCUT2D eigenvalue weighted by Crippen LogP contribution is -2.41. The summed E-state index contributed by atoms with van der Waals surface area (Å²) in [6, 6.07) is 1.54. The molecule has 2 aliphatic rings. The summed E-state index contributed by atoms with van der Waals surface area (Å²) in [7, 11) is 0. The van der Waals surface area contributed by atoms with E-state index in [1.807, 2.05) is 0 Å². The Labute approximate surface area is 92.6 Å². The lowest BCUT2D eigenvalue weighted by molar-refractivity contribution is 0.310. The van der Waals surface area contributed by atoms with Gasteiger partial charge in [-0.15, -0.1) is 11.6 Å². The minimum atomic E-state index is 0.732. The van der Waals surface area contributed by atoms with Crippen LogP contribution in [0.1, 0.15) is 51.4 Å². The van der Waals surface area contributed by atoms with Crippen molar-refractivity contribution >= 4 is 11.6 Å². The van der Waals surface area contributed by atoms with E-state index in [-0.39, 0.29) is 0 Å². The first kappa shape index (κ1) is 10.8. The Morgan fingerprint density at radius 2 is 1.71 bits per heavy atom. The molecule has 0 aromatic heterocycles. The molecule has 1 nitrogen and oxygen atoms in total. The minimum absolute atomic E-state index is 0.732.